The fraction of sp³-hybridized carbons (Fsp3) is 0.962. The van der Waals surface area contributed by atoms with Crippen LogP contribution in [-0.2, 0) is 14.0 Å². The molecule has 1 aliphatic heterocycles. The van der Waals surface area contributed by atoms with Crippen LogP contribution in [-0.4, -0.2) is 43.1 Å². The van der Waals surface area contributed by atoms with E-state index in [9.17, 15) is 9.90 Å². The first-order chi connectivity index (χ1) is 14.3. The lowest BCUT2D eigenvalue weighted by Gasteiger charge is -2.60. The summed E-state index contributed by atoms with van der Waals surface area (Å²) in [6.45, 7) is 16.3. The Labute approximate surface area is 189 Å². The molecule has 31 heavy (non-hydrogen) atoms. The summed E-state index contributed by atoms with van der Waals surface area (Å²) < 4.78 is 13.4. The number of ether oxygens (including phenoxy) is 1. The predicted octanol–water partition coefficient (Wildman–Crippen LogP) is 4.95. The second-order valence-electron chi connectivity index (χ2n) is 14.1. The van der Waals surface area contributed by atoms with Gasteiger partial charge in [-0.2, -0.15) is 0 Å². The number of rotatable bonds is 2. The van der Waals surface area contributed by atoms with Crippen molar-refractivity contribution in [2.24, 2.45) is 40.4 Å². The van der Waals surface area contributed by atoms with Gasteiger partial charge >= 0.3 is 0 Å². The van der Waals surface area contributed by atoms with E-state index in [4.69, 9.17) is 9.16 Å². The SMILES string of the molecule is CC(C)(C)[Si](C)(C)O[C@H]1CC[C@]2(C)[C@H]3CC[C@]4(C)C(=O)[C@H]5C[C@H]5[C@H]4[C@@H]3[C@@H](O)[C@H]3O[C@]32C1. The fourth-order valence-electron chi connectivity index (χ4n) is 8.97. The van der Waals surface area contributed by atoms with Crippen LogP contribution in [0, 0.1) is 40.4 Å². The lowest BCUT2D eigenvalue weighted by atomic mass is 9.44. The number of aliphatic hydroxyl groups excluding tert-OH is 1. The molecule has 0 amide bonds. The second kappa shape index (κ2) is 5.87. The van der Waals surface area contributed by atoms with Crippen molar-refractivity contribution in [3.63, 3.8) is 0 Å². The van der Waals surface area contributed by atoms with Gasteiger partial charge in [0.2, 0.25) is 0 Å². The van der Waals surface area contributed by atoms with E-state index in [2.05, 4.69) is 47.7 Å². The predicted molar refractivity (Wildman–Crippen MR) is 122 cm³/mol. The zero-order valence-electron chi connectivity index (χ0n) is 20.5. The smallest absolute Gasteiger partial charge is 0.192 e. The highest BCUT2D eigenvalue weighted by molar-refractivity contribution is 6.74. The molecule has 0 aromatic carbocycles. The maximum absolute atomic E-state index is 13.1. The standard InChI is InChI=1S/C26H42O4Si/c1-23(2,3)31(6,7)30-14-8-11-25(5)17-9-10-24(4)19(15-12-16(15)21(24)28)18(17)20(27)22-26(25,13-14)29-22/h14-20,22,27H,8-13H2,1-7H3/t14-,15+,16-,17-,18+,19-,20+,22+,24-,25+,26+/m0/s1. The van der Waals surface area contributed by atoms with Crippen LogP contribution in [0.25, 0.3) is 0 Å². The van der Waals surface area contributed by atoms with Gasteiger partial charge in [-0.3, -0.25) is 4.79 Å². The third kappa shape index (κ3) is 2.45. The van der Waals surface area contributed by atoms with Crippen molar-refractivity contribution in [3.8, 4) is 0 Å². The van der Waals surface area contributed by atoms with Gasteiger partial charge in [0.1, 0.15) is 17.5 Å². The number of hydrogen-bond donors (Lipinski definition) is 1. The third-order valence-corrected chi connectivity index (χ3v) is 16.3. The molecule has 1 spiro atoms. The molecule has 1 N–H and O–H groups in total. The molecule has 4 nitrogen and oxygen atoms in total. The summed E-state index contributed by atoms with van der Waals surface area (Å²) in [7, 11) is -1.83. The first-order valence-corrected chi connectivity index (χ1v) is 15.8. The topological polar surface area (TPSA) is 59.1 Å². The number of carbonyl (C=O) groups excluding carboxylic acids is 1. The number of Topliss-reactive ketones (excluding diaryl/α,β-unsaturated/α-hetero) is 1. The van der Waals surface area contributed by atoms with Gasteiger partial charge in [0.15, 0.2) is 8.32 Å². The lowest BCUT2D eigenvalue weighted by molar-refractivity contribution is -0.158. The molecule has 0 aromatic heterocycles. The Hall–Kier alpha value is -0.233. The van der Waals surface area contributed by atoms with Gasteiger partial charge in [-0.15, -0.1) is 0 Å². The molecule has 5 saturated carbocycles. The Morgan fingerprint density at radius 2 is 1.87 bits per heavy atom. The molecule has 6 rings (SSSR count). The minimum Gasteiger partial charge on any atom is -0.414 e. The van der Waals surface area contributed by atoms with Crippen molar-refractivity contribution >= 4 is 14.1 Å². The minimum atomic E-state index is -1.83. The largest absolute Gasteiger partial charge is 0.414 e. The van der Waals surface area contributed by atoms with E-state index in [0.29, 0.717) is 29.5 Å². The highest BCUT2D eigenvalue weighted by Crippen LogP contribution is 2.76. The quantitative estimate of drug-likeness (QED) is 0.482. The van der Waals surface area contributed by atoms with Crippen molar-refractivity contribution in [2.75, 3.05) is 0 Å². The molecule has 1 heterocycles. The lowest BCUT2D eigenvalue weighted by Crippen LogP contribution is -2.64. The van der Waals surface area contributed by atoms with Crippen molar-refractivity contribution in [3.05, 3.63) is 0 Å². The van der Waals surface area contributed by atoms with E-state index in [1.54, 1.807) is 0 Å². The number of epoxide rings is 1. The van der Waals surface area contributed by atoms with Crippen LogP contribution in [0.15, 0.2) is 0 Å². The summed E-state index contributed by atoms with van der Waals surface area (Å²) in [5, 5.41) is 11.8. The molecule has 0 unspecified atom stereocenters. The van der Waals surface area contributed by atoms with Crippen LogP contribution >= 0.6 is 0 Å². The highest BCUT2D eigenvalue weighted by Gasteiger charge is 2.81. The van der Waals surface area contributed by atoms with Crippen LogP contribution in [0.5, 0.6) is 0 Å². The molecule has 5 heteroatoms. The molecular weight excluding hydrogens is 404 g/mol. The maximum atomic E-state index is 13.1. The van der Waals surface area contributed by atoms with Gasteiger partial charge < -0.3 is 14.3 Å². The van der Waals surface area contributed by atoms with Gasteiger partial charge in [-0.1, -0.05) is 34.6 Å². The van der Waals surface area contributed by atoms with Crippen molar-refractivity contribution in [2.45, 2.75) is 115 Å². The summed E-state index contributed by atoms with van der Waals surface area (Å²) in [6, 6.07) is 0. The van der Waals surface area contributed by atoms with Crippen LogP contribution in [0.2, 0.25) is 18.1 Å². The molecule has 1 saturated heterocycles. The Morgan fingerprint density at radius 1 is 1.16 bits per heavy atom. The monoisotopic (exact) mass is 446 g/mol. The molecule has 0 bridgehead atoms. The number of fused-ring (bicyclic) bond motifs is 6. The number of ketones is 1. The zero-order valence-corrected chi connectivity index (χ0v) is 21.5. The Morgan fingerprint density at radius 3 is 2.55 bits per heavy atom. The average Bonchev–Trinajstić information content (AvgIpc) is 3.56. The Bertz CT molecular complexity index is 834. The summed E-state index contributed by atoms with van der Waals surface area (Å²) in [5.41, 5.74) is -0.298. The van der Waals surface area contributed by atoms with Crippen LogP contribution in [0.4, 0.5) is 0 Å². The third-order valence-electron chi connectivity index (χ3n) is 11.8. The van der Waals surface area contributed by atoms with Crippen molar-refractivity contribution < 1.29 is 19.1 Å². The average molecular weight is 447 g/mol. The van der Waals surface area contributed by atoms with Gasteiger partial charge in [-0.25, -0.2) is 0 Å². The first-order valence-electron chi connectivity index (χ1n) is 12.8. The molecular formula is C26H42O4Si. The maximum Gasteiger partial charge on any atom is 0.192 e. The van der Waals surface area contributed by atoms with Gasteiger partial charge in [0, 0.05) is 29.3 Å². The normalized spacial score (nSPS) is 57.4. The van der Waals surface area contributed by atoms with E-state index >= 15 is 0 Å². The number of hydrogen-bond acceptors (Lipinski definition) is 4. The van der Waals surface area contributed by atoms with E-state index in [1.807, 2.05) is 0 Å². The minimum absolute atomic E-state index is 0.0557. The Kier molecular flexibility index (Phi) is 4.04. The number of carbonyl (C=O) groups is 1. The summed E-state index contributed by atoms with van der Waals surface area (Å²) >= 11 is 0. The van der Waals surface area contributed by atoms with Gasteiger partial charge in [0.05, 0.1) is 6.10 Å². The summed E-state index contributed by atoms with van der Waals surface area (Å²) in [6.07, 6.45) is 6.10. The van der Waals surface area contributed by atoms with E-state index in [0.717, 1.165) is 38.5 Å². The van der Waals surface area contributed by atoms with Crippen molar-refractivity contribution in [1.29, 1.82) is 0 Å². The van der Waals surface area contributed by atoms with E-state index in [1.165, 1.54) is 0 Å². The van der Waals surface area contributed by atoms with Crippen LogP contribution in [0.1, 0.15) is 73.1 Å². The molecule has 0 radical (unpaired) electrons. The van der Waals surface area contributed by atoms with Crippen LogP contribution < -0.4 is 0 Å². The van der Waals surface area contributed by atoms with Gasteiger partial charge in [0.25, 0.3) is 0 Å². The molecule has 6 aliphatic rings. The molecule has 6 fully saturated rings. The second-order valence-corrected chi connectivity index (χ2v) is 18.9. The summed E-state index contributed by atoms with van der Waals surface area (Å²) in [5.74, 6) is 2.43. The number of aliphatic hydroxyl groups is 1. The summed E-state index contributed by atoms with van der Waals surface area (Å²) in [4.78, 5) is 13.1. The highest BCUT2D eigenvalue weighted by atomic mass is 28.4. The van der Waals surface area contributed by atoms with E-state index < -0.39 is 14.4 Å². The Balaban J connectivity index is 1.29. The van der Waals surface area contributed by atoms with Crippen LogP contribution in [0.3, 0.4) is 0 Å². The van der Waals surface area contributed by atoms with Gasteiger partial charge in [-0.05, 0) is 73.9 Å². The van der Waals surface area contributed by atoms with Crippen molar-refractivity contribution in [1.82, 2.24) is 0 Å². The van der Waals surface area contributed by atoms with E-state index in [-0.39, 0.29) is 39.6 Å². The molecule has 0 aromatic rings. The molecule has 174 valence electrons. The molecule has 5 aliphatic carbocycles. The fourth-order valence-corrected chi connectivity index (χ4v) is 10.4. The molecule has 11 atom stereocenters. The zero-order chi connectivity index (χ0) is 22.4. The first kappa shape index (κ1) is 21.3.